The molecular formula is C28H36ClN5O4S. The first-order chi connectivity index (χ1) is 18.7. The number of halogens is 1. The molecule has 0 spiro atoms. The molecule has 0 atom stereocenters. The molecule has 1 aromatic heterocycles. The lowest BCUT2D eigenvalue weighted by atomic mass is 10.0. The summed E-state index contributed by atoms with van der Waals surface area (Å²) in [7, 11) is -3.34. The first-order valence-electron chi connectivity index (χ1n) is 13.7. The number of piperidine rings is 1. The Morgan fingerprint density at radius 1 is 1.13 bits per heavy atom. The average molecular weight is 574 g/mol. The van der Waals surface area contributed by atoms with Crippen LogP contribution in [0.3, 0.4) is 0 Å². The van der Waals surface area contributed by atoms with Crippen LogP contribution in [0.15, 0.2) is 18.2 Å². The maximum Gasteiger partial charge on any atom is 0.222 e. The second-order valence-corrected chi connectivity index (χ2v) is 13.0. The fraction of sp³-hybridized carbons (Fsp3) is 0.571. The second-order valence-electron chi connectivity index (χ2n) is 10.6. The van der Waals surface area contributed by atoms with Gasteiger partial charge in [-0.05, 0) is 44.4 Å². The van der Waals surface area contributed by atoms with E-state index in [0.29, 0.717) is 41.9 Å². The van der Waals surface area contributed by atoms with E-state index in [1.165, 1.54) is 10.6 Å². The van der Waals surface area contributed by atoms with Gasteiger partial charge < -0.3 is 14.9 Å². The summed E-state index contributed by atoms with van der Waals surface area (Å²) in [6.45, 7) is 5.09. The van der Waals surface area contributed by atoms with Crippen LogP contribution in [0.2, 0.25) is 5.02 Å². The highest BCUT2D eigenvalue weighted by Gasteiger charge is 2.32. The van der Waals surface area contributed by atoms with Gasteiger partial charge in [-0.1, -0.05) is 29.5 Å². The predicted molar refractivity (Wildman–Crippen MR) is 151 cm³/mol. The van der Waals surface area contributed by atoms with Crippen LogP contribution < -0.4 is 0 Å². The maximum absolute atomic E-state index is 12.4. The molecular weight excluding hydrogens is 538 g/mol. The molecule has 5 rings (SSSR count). The summed E-state index contributed by atoms with van der Waals surface area (Å²) in [6.07, 6.45) is 6.55. The van der Waals surface area contributed by atoms with Gasteiger partial charge in [-0.25, -0.2) is 8.42 Å². The van der Waals surface area contributed by atoms with Gasteiger partial charge in [-0.3, -0.25) is 9.48 Å². The van der Waals surface area contributed by atoms with Crippen LogP contribution in [0.5, 0.6) is 0 Å². The normalized spacial score (nSPS) is 19.3. The molecule has 1 aromatic carbocycles. The smallest absolute Gasteiger partial charge is 0.222 e. The summed E-state index contributed by atoms with van der Waals surface area (Å²) in [5.41, 5.74) is 4.17. The number of aliphatic hydroxyl groups is 1. The van der Waals surface area contributed by atoms with Crippen LogP contribution in [0.4, 0.5) is 0 Å². The molecule has 2 saturated heterocycles. The minimum atomic E-state index is -3.34. The van der Waals surface area contributed by atoms with Gasteiger partial charge >= 0.3 is 0 Å². The first-order valence-corrected chi connectivity index (χ1v) is 15.9. The molecule has 0 saturated carbocycles. The number of carbonyl (C=O) groups excluding carboxylic acids is 1. The van der Waals surface area contributed by atoms with Gasteiger partial charge in [0.1, 0.15) is 6.61 Å². The van der Waals surface area contributed by atoms with E-state index < -0.39 is 10.0 Å². The van der Waals surface area contributed by atoms with Crippen molar-refractivity contribution in [1.29, 1.82) is 0 Å². The molecule has 0 unspecified atom stereocenters. The fourth-order valence-electron chi connectivity index (χ4n) is 6.02. The van der Waals surface area contributed by atoms with Crippen molar-refractivity contribution in [2.24, 2.45) is 0 Å². The van der Waals surface area contributed by atoms with Gasteiger partial charge in [-0.2, -0.15) is 9.40 Å². The Hall–Kier alpha value is -2.42. The van der Waals surface area contributed by atoms with Gasteiger partial charge in [0.2, 0.25) is 15.9 Å². The van der Waals surface area contributed by atoms with Gasteiger partial charge in [0.25, 0.3) is 0 Å². The number of hydrogen-bond donors (Lipinski definition) is 1. The van der Waals surface area contributed by atoms with E-state index in [1.54, 1.807) is 6.07 Å². The zero-order valence-corrected chi connectivity index (χ0v) is 24.0. The summed E-state index contributed by atoms with van der Waals surface area (Å²) < 4.78 is 28.3. The SMILES string of the molecule is CS(=O)(=O)N1CCc2c(c(-c3ccc(Cl)c(C#CCO)c3)nn2CCCN2CCC(N3CCCC3=O)CC2)C1. The molecule has 9 nitrogen and oxygen atoms in total. The number of carbonyl (C=O) groups is 1. The van der Waals surface area contributed by atoms with E-state index in [1.807, 2.05) is 16.8 Å². The van der Waals surface area contributed by atoms with Crippen molar-refractivity contribution in [2.45, 2.75) is 57.7 Å². The number of sulfonamides is 1. The highest BCUT2D eigenvalue weighted by molar-refractivity contribution is 7.88. The van der Waals surface area contributed by atoms with Crippen LogP contribution in [-0.4, -0.2) is 94.9 Å². The molecule has 0 bridgehead atoms. The van der Waals surface area contributed by atoms with Gasteiger partial charge in [0.15, 0.2) is 0 Å². The van der Waals surface area contributed by atoms with Crippen molar-refractivity contribution in [1.82, 2.24) is 23.9 Å². The Labute approximate surface area is 235 Å². The Bertz CT molecular complexity index is 1390. The molecule has 210 valence electrons. The molecule has 2 aromatic rings. The lowest BCUT2D eigenvalue weighted by Gasteiger charge is -2.36. The third-order valence-corrected chi connectivity index (χ3v) is 9.64. The molecule has 39 heavy (non-hydrogen) atoms. The Kier molecular flexibility index (Phi) is 8.64. The highest BCUT2D eigenvalue weighted by atomic mass is 35.5. The number of nitrogens with zero attached hydrogens (tertiary/aromatic N) is 5. The summed E-state index contributed by atoms with van der Waals surface area (Å²) in [5.74, 6) is 5.84. The van der Waals surface area contributed by atoms with Gasteiger partial charge in [-0.15, -0.1) is 0 Å². The van der Waals surface area contributed by atoms with E-state index >= 15 is 0 Å². The number of benzene rings is 1. The van der Waals surface area contributed by atoms with Crippen LogP contribution in [-0.2, 0) is 34.3 Å². The number of likely N-dealkylation sites (tertiary alicyclic amines) is 2. The standard InChI is InChI=1S/C28H36ClN5O4S/c1-39(37,38)32-17-11-26-24(20-32)28(22-7-8-25(29)21(19-22)5-3-18-35)30-34(26)14-4-12-31-15-9-23(10-16-31)33-13-2-6-27(33)36/h7-8,19,23,35H,2,4,6,9-18,20H2,1H3. The molecule has 4 heterocycles. The number of rotatable bonds is 7. The molecule has 11 heteroatoms. The lowest BCUT2D eigenvalue weighted by molar-refractivity contribution is -0.130. The van der Waals surface area contributed by atoms with Crippen molar-refractivity contribution < 1.29 is 18.3 Å². The Morgan fingerprint density at radius 2 is 1.92 bits per heavy atom. The zero-order chi connectivity index (χ0) is 27.6. The van der Waals surface area contributed by atoms with Crippen molar-refractivity contribution in [3.05, 3.63) is 40.0 Å². The zero-order valence-electron chi connectivity index (χ0n) is 22.4. The maximum atomic E-state index is 12.4. The fourth-order valence-corrected chi connectivity index (χ4v) is 6.97. The van der Waals surface area contributed by atoms with Crippen LogP contribution in [0, 0.1) is 11.8 Å². The largest absolute Gasteiger partial charge is 0.384 e. The topological polar surface area (TPSA) is 99.0 Å². The van der Waals surface area contributed by atoms with Crippen molar-refractivity contribution in [3.8, 4) is 23.1 Å². The third-order valence-electron chi connectivity index (χ3n) is 8.06. The number of aromatic nitrogens is 2. The van der Waals surface area contributed by atoms with E-state index in [0.717, 1.165) is 80.9 Å². The van der Waals surface area contributed by atoms with Crippen molar-refractivity contribution in [2.75, 3.05) is 45.6 Å². The predicted octanol–water partition coefficient (Wildman–Crippen LogP) is 2.34. The number of fused-ring (bicyclic) bond motifs is 1. The number of amides is 1. The number of hydrogen-bond acceptors (Lipinski definition) is 6. The Morgan fingerprint density at radius 3 is 2.62 bits per heavy atom. The van der Waals surface area contributed by atoms with E-state index in [-0.39, 0.29) is 13.2 Å². The van der Waals surface area contributed by atoms with Crippen molar-refractivity contribution >= 4 is 27.5 Å². The quantitative estimate of drug-likeness (QED) is 0.511. The molecule has 2 fully saturated rings. The molecule has 1 amide bonds. The second kappa shape index (κ2) is 12.0. The first kappa shape index (κ1) is 28.1. The minimum absolute atomic E-state index is 0.262. The van der Waals surface area contributed by atoms with Crippen LogP contribution >= 0.6 is 11.6 Å². The van der Waals surface area contributed by atoms with Gasteiger partial charge in [0.05, 0.1) is 17.0 Å². The van der Waals surface area contributed by atoms with E-state index in [4.69, 9.17) is 21.8 Å². The average Bonchev–Trinajstić information content (AvgIpc) is 3.51. The summed E-state index contributed by atoms with van der Waals surface area (Å²) in [5, 5.41) is 14.6. The molecule has 0 radical (unpaired) electrons. The summed E-state index contributed by atoms with van der Waals surface area (Å²) in [4.78, 5) is 16.7. The molecule has 3 aliphatic rings. The molecule has 1 N–H and O–H groups in total. The van der Waals surface area contributed by atoms with E-state index in [9.17, 15) is 13.2 Å². The monoisotopic (exact) mass is 573 g/mol. The van der Waals surface area contributed by atoms with Crippen LogP contribution in [0.1, 0.15) is 48.9 Å². The highest BCUT2D eigenvalue weighted by Crippen LogP contribution is 2.33. The van der Waals surface area contributed by atoms with Crippen molar-refractivity contribution in [3.63, 3.8) is 0 Å². The van der Waals surface area contributed by atoms with Gasteiger partial charge in [0, 0.05) is 80.5 Å². The third kappa shape index (κ3) is 6.34. The number of aliphatic hydroxyl groups excluding tert-OH is 1. The Balaban J connectivity index is 1.30. The van der Waals surface area contributed by atoms with E-state index in [2.05, 4.69) is 21.6 Å². The van der Waals surface area contributed by atoms with Crippen LogP contribution in [0.25, 0.3) is 11.3 Å². The summed E-state index contributed by atoms with van der Waals surface area (Å²) >= 11 is 6.33. The number of aryl methyl sites for hydroxylation is 1. The minimum Gasteiger partial charge on any atom is -0.384 e. The lowest BCUT2D eigenvalue weighted by Crippen LogP contribution is -2.45. The molecule has 0 aliphatic carbocycles. The summed E-state index contributed by atoms with van der Waals surface area (Å²) in [6, 6.07) is 5.89. The molecule has 3 aliphatic heterocycles.